The van der Waals surface area contributed by atoms with Crippen LogP contribution in [0, 0.1) is 13.8 Å². The second-order valence-electron chi connectivity index (χ2n) is 6.42. The van der Waals surface area contributed by atoms with Gasteiger partial charge in [0.25, 0.3) is 0 Å². The fraction of sp³-hybridized carbons (Fsp3) is 0.316. The van der Waals surface area contributed by atoms with E-state index in [2.05, 4.69) is 4.72 Å². The molecule has 0 saturated carbocycles. The average molecular weight is 425 g/mol. The zero-order valence-corrected chi connectivity index (χ0v) is 17.7. The molecule has 0 saturated heterocycles. The third-order valence-electron chi connectivity index (χ3n) is 4.15. The summed E-state index contributed by atoms with van der Waals surface area (Å²) in [6.45, 7) is 4.49. The number of hydrogen-bond donors (Lipinski definition) is 1. The predicted octanol–water partition coefficient (Wildman–Crippen LogP) is 1.86. The molecule has 2 aromatic carbocycles. The van der Waals surface area contributed by atoms with Crippen LogP contribution in [0.25, 0.3) is 0 Å². The first-order chi connectivity index (χ1) is 13.1. The van der Waals surface area contributed by atoms with Crippen molar-refractivity contribution in [2.45, 2.75) is 30.6 Å². The standard InChI is InChI=1S/C19H24N2O5S2/c1-4-21(28(25,26)19-11-7-16(3)8-12-19)14-17(22)13-20-27(23,24)18-9-5-15(2)6-10-18/h5-12,20H,4,13-14H2,1-3H3. The van der Waals surface area contributed by atoms with E-state index >= 15 is 0 Å². The minimum atomic E-state index is -3.85. The maximum Gasteiger partial charge on any atom is 0.243 e. The Balaban J connectivity index is 2.06. The van der Waals surface area contributed by atoms with Crippen LogP contribution in [0.1, 0.15) is 18.1 Å². The fourth-order valence-corrected chi connectivity index (χ4v) is 4.90. The lowest BCUT2D eigenvalue weighted by molar-refractivity contribution is -0.118. The molecule has 0 bridgehead atoms. The third kappa shape index (κ3) is 5.48. The number of carbonyl (C=O) groups is 1. The van der Waals surface area contributed by atoms with Crippen LogP contribution in [0.5, 0.6) is 0 Å². The molecular weight excluding hydrogens is 400 g/mol. The van der Waals surface area contributed by atoms with Gasteiger partial charge in [0.05, 0.1) is 22.9 Å². The lowest BCUT2D eigenvalue weighted by atomic mass is 10.2. The van der Waals surface area contributed by atoms with Gasteiger partial charge in [0.1, 0.15) is 0 Å². The molecular formula is C19H24N2O5S2. The monoisotopic (exact) mass is 424 g/mol. The van der Waals surface area contributed by atoms with E-state index in [1.54, 1.807) is 31.2 Å². The summed E-state index contributed by atoms with van der Waals surface area (Å²) < 4.78 is 53.2. The van der Waals surface area contributed by atoms with Gasteiger partial charge >= 0.3 is 0 Å². The first-order valence-electron chi connectivity index (χ1n) is 8.71. The van der Waals surface area contributed by atoms with Crippen LogP contribution >= 0.6 is 0 Å². The van der Waals surface area contributed by atoms with Crippen molar-refractivity contribution in [2.24, 2.45) is 0 Å². The first kappa shape index (κ1) is 22.2. The van der Waals surface area contributed by atoms with Gasteiger partial charge < -0.3 is 0 Å². The number of carbonyl (C=O) groups excluding carboxylic acids is 1. The highest BCUT2D eigenvalue weighted by Crippen LogP contribution is 2.16. The Labute approximate surface area is 166 Å². The number of rotatable bonds is 9. The number of nitrogens with one attached hydrogen (secondary N) is 1. The minimum absolute atomic E-state index is 0.0468. The summed E-state index contributed by atoms with van der Waals surface area (Å²) in [5.41, 5.74) is 1.83. The number of aryl methyl sites for hydroxylation is 2. The van der Waals surface area contributed by atoms with Crippen LogP contribution in [0.15, 0.2) is 58.3 Å². The van der Waals surface area contributed by atoms with E-state index in [4.69, 9.17) is 0 Å². The molecule has 7 nitrogen and oxygen atoms in total. The van der Waals surface area contributed by atoms with Gasteiger partial charge in [-0.3, -0.25) is 4.79 Å². The number of sulfonamides is 2. The van der Waals surface area contributed by atoms with Crippen LogP contribution in [0.4, 0.5) is 0 Å². The number of benzene rings is 2. The van der Waals surface area contributed by atoms with Gasteiger partial charge in [-0.05, 0) is 38.1 Å². The van der Waals surface area contributed by atoms with Crippen molar-refractivity contribution < 1.29 is 21.6 Å². The van der Waals surface area contributed by atoms with Gasteiger partial charge in [-0.2, -0.15) is 4.31 Å². The Kier molecular flexibility index (Phi) is 7.11. The SMILES string of the molecule is CCN(CC(=O)CNS(=O)(=O)c1ccc(C)cc1)S(=O)(=O)c1ccc(C)cc1. The number of likely N-dealkylation sites (N-methyl/N-ethyl adjacent to an activating group) is 1. The molecule has 0 aliphatic carbocycles. The first-order valence-corrected chi connectivity index (χ1v) is 11.6. The van der Waals surface area contributed by atoms with Crippen LogP contribution in [-0.2, 0) is 24.8 Å². The van der Waals surface area contributed by atoms with Crippen molar-refractivity contribution in [3.8, 4) is 0 Å². The summed E-state index contributed by atoms with van der Waals surface area (Å²) in [6.07, 6.45) is 0. The van der Waals surface area contributed by atoms with Crippen LogP contribution in [-0.4, -0.2) is 46.6 Å². The number of nitrogens with zero attached hydrogens (tertiary/aromatic N) is 1. The maximum atomic E-state index is 12.7. The van der Waals surface area contributed by atoms with Crippen molar-refractivity contribution >= 4 is 25.8 Å². The van der Waals surface area contributed by atoms with Crippen molar-refractivity contribution in [3.63, 3.8) is 0 Å². The topological polar surface area (TPSA) is 101 Å². The summed E-state index contributed by atoms with van der Waals surface area (Å²) in [5.74, 6) is -0.548. The largest absolute Gasteiger partial charge is 0.297 e. The van der Waals surface area contributed by atoms with Gasteiger partial charge in [0.15, 0.2) is 5.78 Å². The number of ketones is 1. The highest BCUT2D eigenvalue weighted by atomic mass is 32.2. The smallest absolute Gasteiger partial charge is 0.243 e. The summed E-state index contributed by atoms with van der Waals surface area (Å²) in [7, 11) is -7.68. The summed E-state index contributed by atoms with van der Waals surface area (Å²) in [5, 5.41) is 0. The van der Waals surface area contributed by atoms with E-state index in [1.165, 1.54) is 24.3 Å². The van der Waals surface area contributed by atoms with E-state index in [0.717, 1.165) is 15.4 Å². The molecule has 0 aromatic heterocycles. The van der Waals surface area contributed by atoms with Crippen LogP contribution in [0.2, 0.25) is 0 Å². The Hall–Kier alpha value is -2.07. The van der Waals surface area contributed by atoms with E-state index in [-0.39, 0.29) is 16.3 Å². The molecule has 0 radical (unpaired) electrons. The summed E-state index contributed by atoms with van der Waals surface area (Å²) in [6, 6.07) is 12.5. The normalized spacial score (nSPS) is 12.3. The fourth-order valence-electron chi connectivity index (χ4n) is 2.45. The molecule has 9 heteroatoms. The molecule has 0 aliphatic rings. The predicted molar refractivity (Wildman–Crippen MR) is 107 cm³/mol. The van der Waals surface area contributed by atoms with E-state index < -0.39 is 38.9 Å². The second kappa shape index (κ2) is 8.95. The third-order valence-corrected chi connectivity index (χ3v) is 7.51. The summed E-state index contributed by atoms with van der Waals surface area (Å²) in [4.78, 5) is 12.4. The zero-order valence-electron chi connectivity index (χ0n) is 16.0. The molecule has 0 heterocycles. The van der Waals surface area contributed by atoms with Gasteiger partial charge in [0, 0.05) is 6.54 Å². The van der Waals surface area contributed by atoms with Crippen LogP contribution < -0.4 is 4.72 Å². The van der Waals surface area contributed by atoms with Gasteiger partial charge in [-0.15, -0.1) is 0 Å². The van der Waals surface area contributed by atoms with Crippen LogP contribution in [0.3, 0.4) is 0 Å². The second-order valence-corrected chi connectivity index (χ2v) is 10.1. The minimum Gasteiger partial charge on any atom is -0.297 e. The highest BCUT2D eigenvalue weighted by molar-refractivity contribution is 7.89. The van der Waals surface area contributed by atoms with E-state index in [1.807, 2.05) is 13.8 Å². The Morgan fingerprint density at radius 1 is 0.857 bits per heavy atom. The number of hydrogen-bond acceptors (Lipinski definition) is 5. The molecule has 0 unspecified atom stereocenters. The van der Waals surface area contributed by atoms with Gasteiger partial charge in [0.2, 0.25) is 20.0 Å². The molecule has 0 spiro atoms. The molecule has 28 heavy (non-hydrogen) atoms. The molecule has 0 atom stereocenters. The molecule has 0 aliphatic heterocycles. The lowest BCUT2D eigenvalue weighted by Gasteiger charge is -2.20. The molecule has 1 N–H and O–H groups in total. The van der Waals surface area contributed by atoms with Crippen molar-refractivity contribution in [1.29, 1.82) is 0 Å². The highest BCUT2D eigenvalue weighted by Gasteiger charge is 2.25. The Morgan fingerprint density at radius 3 is 1.79 bits per heavy atom. The quantitative estimate of drug-likeness (QED) is 0.662. The lowest BCUT2D eigenvalue weighted by Crippen LogP contribution is -2.40. The number of Topliss-reactive ketones (excluding diaryl/α,β-unsaturated/α-hetero) is 1. The van der Waals surface area contributed by atoms with Crippen molar-refractivity contribution in [2.75, 3.05) is 19.6 Å². The Morgan fingerprint density at radius 2 is 1.32 bits per heavy atom. The molecule has 0 fully saturated rings. The van der Waals surface area contributed by atoms with Crippen molar-refractivity contribution in [3.05, 3.63) is 59.7 Å². The van der Waals surface area contributed by atoms with E-state index in [9.17, 15) is 21.6 Å². The van der Waals surface area contributed by atoms with Gasteiger partial charge in [-0.1, -0.05) is 42.3 Å². The average Bonchev–Trinajstić information content (AvgIpc) is 2.65. The van der Waals surface area contributed by atoms with E-state index in [0.29, 0.717) is 0 Å². The molecule has 2 aromatic rings. The maximum absolute atomic E-state index is 12.7. The molecule has 0 amide bonds. The van der Waals surface area contributed by atoms with Crippen molar-refractivity contribution in [1.82, 2.24) is 9.03 Å². The summed E-state index contributed by atoms with van der Waals surface area (Å²) >= 11 is 0. The van der Waals surface area contributed by atoms with Gasteiger partial charge in [-0.25, -0.2) is 21.6 Å². The zero-order chi connectivity index (χ0) is 20.9. The Bertz CT molecular complexity index is 1030. The molecule has 152 valence electrons. The molecule has 2 rings (SSSR count).